The van der Waals surface area contributed by atoms with Gasteiger partial charge in [-0.1, -0.05) is 0 Å². The molecule has 1 aromatic rings. The van der Waals surface area contributed by atoms with Crippen molar-refractivity contribution in [2.75, 3.05) is 7.05 Å². The summed E-state index contributed by atoms with van der Waals surface area (Å²) < 4.78 is 0. The highest BCUT2D eigenvalue weighted by Crippen LogP contribution is 2.39. The van der Waals surface area contributed by atoms with Crippen LogP contribution in [0.25, 0.3) is 0 Å². The molecule has 0 spiro atoms. The molecular weight excluding hydrogens is 230 g/mol. The predicted octanol–water partition coefficient (Wildman–Crippen LogP) is 3.11. The molecule has 2 aliphatic heterocycles. The number of fused-ring (bicyclic) bond motifs is 2. The fourth-order valence-corrected chi connectivity index (χ4v) is 4.28. The lowest BCUT2D eigenvalue weighted by Crippen LogP contribution is -2.41. The second-order valence-electron chi connectivity index (χ2n) is 5.49. The van der Waals surface area contributed by atoms with Gasteiger partial charge in [-0.3, -0.25) is 4.79 Å². The van der Waals surface area contributed by atoms with Crippen molar-refractivity contribution in [2.45, 2.75) is 44.7 Å². The maximum Gasteiger partial charge on any atom is 0.175 e. The molecule has 2 saturated heterocycles. The Morgan fingerprint density at radius 1 is 1.29 bits per heavy atom. The molecule has 2 fully saturated rings. The van der Waals surface area contributed by atoms with E-state index in [0.717, 1.165) is 17.7 Å². The Balaban J connectivity index is 1.76. The number of hydrogen-bond acceptors (Lipinski definition) is 3. The summed E-state index contributed by atoms with van der Waals surface area (Å²) in [5.74, 6) is 0.676. The van der Waals surface area contributed by atoms with Crippen LogP contribution in [0.1, 0.15) is 40.2 Å². The Morgan fingerprint density at radius 3 is 2.47 bits per heavy atom. The maximum atomic E-state index is 12.4. The van der Waals surface area contributed by atoms with Crippen molar-refractivity contribution in [2.24, 2.45) is 5.92 Å². The van der Waals surface area contributed by atoms with Crippen molar-refractivity contribution in [1.29, 1.82) is 0 Å². The van der Waals surface area contributed by atoms with Crippen LogP contribution in [-0.4, -0.2) is 29.8 Å². The van der Waals surface area contributed by atoms with E-state index in [4.69, 9.17) is 0 Å². The number of ketones is 1. The van der Waals surface area contributed by atoms with Gasteiger partial charge in [0.15, 0.2) is 5.78 Å². The molecule has 2 atom stereocenters. The van der Waals surface area contributed by atoms with E-state index >= 15 is 0 Å². The van der Waals surface area contributed by atoms with E-state index in [1.165, 1.54) is 17.7 Å². The quantitative estimate of drug-likeness (QED) is 0.751. The molecule has 2 aliphatic rings. The van der Waals surface area contributed by atoms with E-state index in [0.29, 0.717) is 17.9 Å². The second kappa shape index (κ2) is 4.21. The number of piperidine rings is 1. The van der Waals surface area contributed by atoms with Crippen molar-refractivity contribution in [1.82, 2.24) is 4.90 Å². The zero-order valence-corrected chi connectivity index (χ0v) is 11.3. The fourth-order valence-electron chi connectivity index (χ4n) is 3.39. The predicted molar refractivity (Wildman–Crippen MR) is 70.7 cm³/mol. The van der Waals surface area contributed by atoms with E-state index in [9.17, 15) is 4.79 Å². The molecular formula is C14H19NOS. The zero-order chi connectivity index (χ0) is 12.0. The summed E-state index contributed by atoms with van der Waals surface area (Å²) >= 11 is 1.65. The minimum Gasteiger partial charge on any atom is -0.300 e. The molecule has 3 heterocycles. The van der Waals surface area contributed by atoms with E-state index in [2.05, 4.69) is 24.9 Å². The molecule has 1 aromatic heterocycles. The lowest BCUT2D eigenvalue weighted by atomic mass is 9.87. The third kappa shape index (κ3) is 1.95. The van der Waals surface area contributed by atoms with E-state index in [1.807, 2.05) is 6.07 Å². The summed E-state index contributed by atoms with van der Waals surface area (Å²) in [5.41, 5.74) is 0. The molecule has 0 radical (unpaired) electrons. The van der Waals surface area contributed by atoms with Crippen molar-refractivity contribution >= 4 is 17.1 Å². The monoisotopic (exact) mass is 249 g/mol. The first-order chi connectivity index (χ1) is 8.15. The highest BCUT2D eigenvalue weighted by molar-refractivity contribution is 7.14. The Hall–Kier alpha value is -0.670. The van der Waals surface area contributed by atoms with Gasteiger partial charge in [-0.2, -0.15) is 0 Å². The molecule has 17 heavy (non-hydrogen) atoms. The third-order valence-electron chi connectivity index (χ3n) is 4.45. The third-order valence-corrected chi connectivity index (χ3v) is 5.47. The number of Topliss-reactive ketones (excluding diaryl/α,β-unsaturated/α-hetero) is 1. The van der Waals surface area contributed by atoms with Gasteiger partial charge in [0.2, 0.25) is 0 Å². The van der Waals surface area contributed by atoms with Crippen molar-refractivity contribution < 1.29 is 4.79 Å². The van der Waals surface area contributed by atoms with Gasteiger partial charge in [-0.25, -0.2) is 0 Å². The summed E-state index contributed by atoms with van der Waals surface area (Å²) in [6.45, 7) is 2.07. The van der Waals surface area contributed by atoms with Gasteiger partial charge in [-0.05, 0) is 51.8 Å². The summed E-state index contributed by atoms with van der Waals surface area (Å²) in [6.07, 6.45) is 4.72. The van der Waals surface area contributed by atoms with E-state index in [1.54, 1.807) is 11.3 Å². The molecule has 0 amide bonds. The first kappa shape index (κ1) is 11.4. The minimum absolute atomic E-state index is 0.279. The Labute approximate surface area is 107 Å². The van der Waals surface area contributed by atoms with Crippen LogP contribution in [0.3, 0.4) is 0 Å². The van der Waals surface area contributed by atoms with Crippen molar-refractivity contribution in [3.8, 4) is 0 Å². The average Bonchev–Trinajstić information content (AvgIpc) is 2.79. The lowest BCUT2D eigenvalue weighted by Gasteiger charge is -2.35. The summed E-state index contributed by atoms with van der Waals surface area (Å²) in [7, 11) is 2.22. The molecule has 3 rings (SSSR count). The smallest absolute Gasteiger partial charge is 0.175 e. The van der Waals surface area contributed by atoms with Gasteiger partial charge in [0.25, 0.3) is 0 Å². The summed E-state index contributed by atoms with van der Waals surface area (Å²) in [5, 5.41) is 0. The Morgan fingerprint density at radius 2 is 1.94 bits per heavy atom. The SMILES string of the molecule is Cc1ccc(C(=O)C2CC3CCC(C2)N3C)s1. The number of thiophene rings is 1. The van der Waals surface area contributed by atoms with Crippen LogP contribution in [0, 0.1) is 12.8 Å². The van der Waals surface area contributed by atoms with Crippen molar-refractivity contribution in [3.63, 3.8) is 0 Å². The van der Waals surface area contributed by atoms with Gasteiger partial charge >= 0.3 is 0 Å². The van der Waals surface area contributed by atoms with Gasteiger partial charge in [-0.15, -0.1) is 11.3 Å². The second-order valence-corrected chi connectivity index (χ2v) is 6.78. The summed E-state index contributed by atoms with van der Waals surface area (Å²) in [4.78, 5) is 17.1. The molecule has 2 unspecified atom stereocenters. The topological polar surface area (TPSA) is 20.3 Å². The molecule has 0 aliphatic carbocycles. The van der Waals surface area contributed by atoms with Crippen LogP contribution in [-0.2, 0) is 0 Å². The Kier molecular flexibility index (Phi) is 2.83. The molecule has 0 N–H and O–H groups in total. The van der Waals surface area contributed by atoms with E-state index < -0.39 is 0 Å². The lowest BCUT2D eigenvalue weighted by molar-refractivity contribution is 0.0771. The van der Waals surface area contributed by atoms with Gasteiger partial charge < -0.3 is 4.90 Å². The zero-order valence-electron chi connectivity index (χ0n) is 10.5. The number of carbonyl (C=O) groups excluding carboxylic acids is 1. The molecule has 92 valence electrons. The molecule has 2 bridgehead atoms. The van der Waals surface area contributed by atoms with Gasteiger partial charge in [0.1, 0.15) is 0 Å². The van der Waals surface area contributed by atoms with E-state index in [-0.39, 0.29) is 5.92 Å². The molecule has 0 saturated carbocycles. The van der Waals surface area contributed by atoms with Gasteiger partial charge in [0, 0.05) is 22.9 Å². The maximum absolute atomic E-state index is 12.4. The largest absolute Gasteiger partial charge is 0.300 e. The molecule has 2 nitrogen and oxygen atoms in total. The Bertz CT molecular complexity index is 425. The van der Waals surface area contributed by atoms with Gasteiger partial charge in [0.05, 0.1) is 4.88 Å². The minimum atomic E-state index is 0.279. The number of aryl methyl sites for hydroxylation is 1. The molecule has 3 heteroatoms. The first-order valence-electron chi connectivity index (χ1n) is 6.47. The number of nitrogens with zero attached hydrogens (tertiary/aromatic N) is 1. The van der Waals surface area contributed by atoms with Crippen LogP contribution in [0.15, 0.2) is 12.1 Å². The number of carbonyl (C=O) groups is 1. The number of hydrogen-bond donors (Lipinski definition) is 0. The van der Waals surface area contributed by atoms with Crippen LogP contribution >= 0.6 is 11.3 Å². The van der Waals surface area contributed by atoms with Crippen LogP contribution < -0.4 is 0 Å². The van der Waals surface area contributed by atoms with Crippen LogP contribution in [0.5, 0.6) is 0 Å². The van der Waals surface area contributed by atoms with Crippen LogP contribution in [0.4, 0.5) is 0 Å². The first-order valence-corrected chi connectivity index (χ1v) is 7.29. The normalized spacial score (nSPS) is 32.9. The summed E-state index contributed by atoms with van der Waals surface area (Å²) in [6, 6.07) is 5.37. The highest BCUT2D eigenvalue weighted by Gasteiger charge is 2.41. The standard InChI is InChI=1S/C14H19NOS/c1-9-3-6-13(17-9)14(16)10-7-11-4-5-12(8-10)15(11)2/h3,6,10-12H,4-5,7-8H2,1-2H3. The molecule has 0 aromatic carbocycles. The number of rotatable bonds is 2. The fraction of sp³-hybridized carbons (Fsp3) is 0.643. The van der Waals surface area contributed by atoms with Crippen LogP contribution in [0.2, 0.25) is 0 Å². The average molecular weight is 249 g/mol. The van der Waals surface area contributed by atoms with Crippen molar-refractivity contribution in [3.05, 3.63) is 21.9 Å². The highest BCUT2D eigenvalue weighted by atomic mass is 32.1.